The molecule has 0 aliphatic carbocycles. The summed E-state index contributed by atoms with van der Waals surface area (Å²) in [5.74, 6) is 1.36. The van der Waals surface area contributed by atoms with Crippen LogP contribution in [0.4, 0.5) is 5.69 Å². The van der Waals surface area contributed by atoms with Crippen molar-refractivity contribution in [3.8, 4) is 5.75 Å². The Balaban J connectivity index is 1.97. The van der Waals surface area contributed by atoms with Gasteiger partial charge in [0.25, 0.3) is 5.91 Å². The third-order valence-electron chi connectivity index (χ3n) is 4.76. The highest BCUT2D eigenvalue weighted by molar-refractivity contribution is 5.93. The average molecular weight is 356 g/mol. The lowest BCUT2D eigenvalue weighted by molar-refractivity contribution is -0.713. The van der Waals surface area contributed by atoms with Crippen molar-refractivity contribution in [3.05, 3.63) is 59.7 Å². The minimum Gasteiger partial charge on any atom is -0.497 e. The Bertz CT molecular complexity index is 693. The zero-order chi connectivity index (χ0) is 19.1. The molecule has 4 nitrogen and oxygen atoms in total. The second kappa shape index (κ2) is 9.39. The summed E-state index contributed by atoms with van der Waals surface area (Å²) < 4.78 is 5.22. The second-order valence-corrected chi connectivity index (χ2v) is 7.03. The van der Waals surface area contributed by atoms with Crippen molar-refractivity contribution in [1.29, 1.82) is 0 Å². The molecule has 2 rings (SSSR count). The van der Waals surface area contributed by atoms with Gasteiger partial charge < -0.3 is 15.4 Å². The molecule has 2 aromatic rings. The number of carbonyl (C=O) groups is 1. The molecular weight excluding hydrogens is 324 g/mol. The highest BCUT2D eigenvalue weighted by atomic mass is 16.5. The van der Waals surface area contributed by atoms with Crippen molar-refractivity contribution in [3.63, 3.8) is 0 Å². The fourth-order valence-corrected chi connectivity index (χ4v) is 2.98. The molecule has 4 heteroatoms. The molecule has 0 saturated carbocycles. The van der Waals surface area contributed by atoms with Gasteiger partial charge in [-0.3, -0.25) is 4.79 Å². The van der Waals surface area contributed by atoms with Gasteiger partial charge in [-0.25, -0.2) is 0 Å². The van der Waals surface area contributed by atoms with E-state index in [1.807, 2.05) is 31.2 Å². The van der Waals surface area contributed by atoms with E-state index < -0.39 is 0 Å². The number of nitrogens with one attached hydrogen (secondary N) is 1. The Kier molecular flexibility index (Phi) is 7.22. The SMILES string of the molecule is CC[C@H]([NH2+][C@H](C)C(=O)Nc1ccc(C(C)C)cc1)c1ccc(OC)cc1. The van der Waals surface area contributed by atoms with Crippen LogP contribution in [0.2, 0.25) is 0 Å². The van der Waals surface area contributed by atoms with Gasteiger partial charge in [0.2, 0.25) is 0 Å². The van der Waals surface area contributed by atoms with Crippen LogP contribution in [-0.2, 0) is 4.79 Å². The summed E-state index contributed by atoms with van der Waals surface area (Å²) in [6.45, 7) is 8.41. The van der Waals surface area contributed by atoms with E-state index in [9.17, 15) is 4.79 Å². The molecule has 0 radical (unpaired) electrons. The predicted octanol–water partition coefficient (Wildman–Crippen LogP) is 3.86. The molecule has 0 aromatic heterocycles. The maximum absolute atomic E-state index is 12.6. The molecule has 26 heavy (non-hydrogen) atoms. The molecule has 1 amide bonds. The average Bonchev–Trinajstić information content (AvgIpc) is 2.66. The van der Waals surface area contributed by atoms with Gasteiger partial charge in [-0.15, -0.1) is 0 Å². The highest BCUT2D eigenvalue weighted by Crippen LogP contribution is 2.18. The molecule has 0 unspecified atom stereocenters. The molecule has 0 fully saturated rings. The first-order valence-corrected chi connectivity index (χ1v) is 9.34. The standard InChI is InChI=1S/C22H30N2O2/c1-6-21(18-9-13-20(26-5)14-10-18)23-16(4)22(25)24-19-11-7-17(8-12-19)15(2)3/h7-16,21,23H,6H2,1-5H3,(H,24,25)/p+1/t16-,21+/m1/s1. The van der Waals surface area contributed by atoms with E-state index in [4.69, 9.17) is 4.74 Å². The van der Waals surface area contributed by atoms with Crippen LogP contribution in [0.3, 0.4) is 0 Å². The Morgan fingerprint density at radius 1 is 1.00 bits per heavy atom. The number of anilines is 1. The smallest absolute Gasteiger partial charge is 0.282 e. The van der Waals surface area contributed by atoms with Gasteiger partial charge >= 0.3 is 0 Å². The summed E-state index contributed by atoms with van der Waals surface area (Å²) in [6, 6.07) is 16.2. The summed E-state index contributed by atoms with van der Waals surface area (Å²) in [6.07, 6.45) is 0.951. The number of ether oxygens (including phenoxy) is 1. The van der Waals surface area contributed by atoms with E-state index in [1.165, 1.54) is 11.1 Å². The summed E-state index contributed by atoms with van der Waals surface area (Å²) in [4.78, 5) is 12.6. The molecule has 3 N–H and O–H groups in total. The number of benzene rings is 2. The molecule has 0 saturated heterocycles. The van der Waals surface area contributed by atoms with E-state index in [1.54, 1.807) is 7.11 Å². The number of quaternary nitrogens is 1. The predicted molar refractivity (Wildman–Crippen MR) is 107 cm³/mol. The largest absolute Gasteiger partial charge is 0.497 e. The number of hydrogen-bond donors (Lipinski definition) is 2. The Labute approximate surface area is 157 Å². The number of rotatable bonds is 8. The van der Waals surface area contributed by atoms with Crippen molar-refractivity contribution < 1.29 is 14.8 Å². The van der Waals surface area contributed by atoms with Gasteiger partial charge in [0.15, 0.2) is 6.04 Å². The van der Waals surface area contributed by atoms with Crippen molar-refractivity contribution in [2.75, 3.05) is 12.4 Å². The zero-order valence-corrected chi connectivity index (χ0v) is 16.5. The molecule has 2 atom stereocenters. The first-order valence-electron chi connectivity index (χ1n) is 9.34. The zero-order valence-electron chi connectivity index (χ0n) is 16.5. The lowest BCUT2D eigenvalue weighted by Crippen LogP contribution is -2.92. The van der Waals surface area contributed by atoms with E-state index in [0.29, 0.717) is 5.92 Å². The third-order valence-corrected chi connectivity index (χ3v) is 4.76. The van der Waals surface area contributed by atoms with Crippen molar-refractivity contribution >= 4 is 11.6 Å². The van der Waals surface area contributed by atoms with E-state index >= 15 is 0 Å². The number of hydrogen-bond acceptors (Lipinski definition) is 2. The number of amides is 1. The van der Waals surface area contributed by atoms with Crippen LogP contribution < -0.4 is 15.4 Å². The molecule has 0 bridgehead atoms. The van der Waals surface area contributed by atoms with Gasteiger partial charge in [0, 0.05) is 17.7 Å². The van der Waals surface area contributed by atoms with Crippen LogP contribution in [0.25, 0.3) is 0 Å². The van der Waals surface area contributed by atoms with Gasteiger partial charge in [-0.2, -0.15) is 0 Å². The number of carbonyl (C=O) groups excluding carboxylic acids is 1. The van der Waals surface area contributed by atoms with E-state index in [2.05, 4.69) is 55.7 Å². The molecular formula is C22H31N2O2+. The number of nitrogens with two attached hydrogens (primary N) is 1. The highest BCUT2D eigenvalue weighted by Gasteiger charge is 2.22. The summed E-state index contributed by atoms with van der Waals surface area (Å²) in [7, 11) is 1.67. The van der Waals surface area contributed by atoms with Crippen LogP contribution in [0, 0.1) is 0 Å². The van der Waals surface area contributed by atoms with Gasteiger partial charge in [0.1, 0.15) is 11.8 Å². The van der Waals surface area contributed by atoms with Crippen molar-refractivity contribution in [1.82, 2.24) is 0 Å². The fraction of sp³-hybridized carbons (Fsp3) is 0.409. The second-order valence-electron chi connectivity index (χ2n) is 7.03. The molecule has 0 aliphatic rings. The van der Waals surface area contributed by atoms with Crippen molar-refractivity contribution in [2.24, 2.45) is 0 Å². The van der Waals surface area contributed by atoms with Crippen LogP contribution in [-0.4, -0.2) is 19.1 Å². The fourth-order valence-electron chi connectivity index (χ4n) is 2.98. The first kappa shape index (κ1) is 20.0. The summed E-state index contributed by atoms with van der Waals surface area (Å²) in [5, 5.41) is 5.14. The van der Waals surface area contributed by atoms with Crippen LogP contribution in [0.15, 0.2) is 48.5 Å². The van der Waals surface area contributed by atoms with E-state index in [-0.39, 0.29) is 18.0 Å². The van der Waals surface area contributed by atoms with Gasteiger partial charge in [-0.1, -0.05) is 32.9 Å². The first-order chi connectivity index (χ1) is 12.4. The minimum absolute atomic E-state index is 0.0225. The van der Waals surface area contributed by atoms with Gasteiger partial charge in [0.05, 0.1) is 7.11 Å². The maximum Gasteiger partial charge on any atom is 0.282 e. The van der Waals surface area contributed by atoms with Crippen LogP contribution in [0.5, 0.6) is 5.75 Å². The number of methoxy groups -OCH3 is 1. The quantitative estimate of drug-likeness (QED) is 0.755. The molecule has 0 spiro atoms. The monoisotopic (exact) mass is 355 g/mol. The Morgan fingerprint density at radius 2 is 1.58 bits per heavy atom. The summed E-state index contributed by atoms with van der Waals surface area (Å²) >= 11 is 0. The normalized spacial score (nSPS) is 13.3. The Hall–Kier alpha value is -2.33. The summed E-state index contributed by atoms with van der Waals surface area (Å²) in [5.41, 5.74) is 3.32. The minimum atomic E-state index is -0.174. The lowest BCUT2D eigenvalue weighted by atomic mass is 10.0. The van der Waals surface area contributed by atoms with Crippen LogP contribution >= 0.6 is 0 Å². The third kappa shape index (κ3) is 5.33. The topological polar surface area (TPSA) is 54.9 Å². The molecule has 2 aromatic carbocycles. The maximum atomic E-state index is 12.6. The van der Waals surface area contributed by atoms with Gasteiger partial charge in [-0.05, 0) is 54.8 Å². The van der Waals surface area contributed by atoms with Crippen molar-refractivity contribution in [2.45, 2.75) is 52.1 Å². The lowest BCUT2D eigenvalue weighted by Gasteiger charge is -2.19. The molecule has 0 aliphatic heterocycles. The molecule has 140 valence electrons. The van der Waals surface area contributed by atoms with Crippen LogP contribution in [0.1, 0.15) is 57.2 Å². The van der Waals surface area contributed by atoms with E-state index in [0.717, 1.165) is 17.9 Å². The Morgan fingerprint density at radius 3 is 2.08 bits per heavy atom. The molecule has 0 heterocycles.